The van der Waals surface area contributed by atoms with Gasteiger partial charge in [0, 0.05) is 23.8 Å². The number of phenols is 3. The summed E-state index contributed by atoms with van der Waals surface area (Å²) in [6.45, 7) is -0.344. The van der Waals surface area contributed by atoms with Crippen molar-refractivity contribution in [2.45, 2.75) is 99.0 Å². The van der Waals surface area contributed by atoms with Gasteiger partial charge in [-0.25, -0.2) is 4.79 Å². The van der Waals surface area contributed by atoms with Gasteiger partial charge < -0.3 is 98.9 Å². The Morgan fingerprint density at radius 2 is 1.25 bits per heavy atom. The second kappa shape index (κ2) is 19.3. The van der Waals surface area contributed by atoms with E-state index in [9.17, 15) is 70.9 Å². The molecule has 0 bridgehead atoms. The SMILES string of the molecule is C[C@@H]1O[C@@H](O[C@H]2[C@H](Oc3c(-c4ccc(O)cc4)oc4cc(O[C@@H]5O[C@H](CO)[C@@H](O)[C@H](O)[C@H]5OC(=O)/C=C\c5ccc(O)cc5)cc(O)c4c3=O)O[C@H](CO)[C@@H](O)[C@@H]2O)[C@H](O)[C@@H](O)[C@H]1O. The molecule has 1 aromatic heterocycles. The maximum atomic E-state index is 14.5. The Bertz CT molecular complexity index is 2340. The van der Waals surface area contributed by atoms with Crippen LogP contribution < -0.4 is 14.9 Å². The highest BCUT2D eigenvalue weighted by atomic mass is 16.8. The summed E-state index contributed by atoms with van der Waals surface area (Å²) < 4.78 is 46.1. The van der Waals surface area contributed by atoms with Crippen molar-refractivity contribution >= 4 is 23.0 Å². The molecule has 15 atom stereocenters. The zero-order chi connectivity index (χ0) is 46.1. The van der Waals surface area contributed by atoms with Crippen LogP contribution in [0.2, 0.25) is 0 Å². The molecule has 0 amide bonds. The van der Waals surface area contributed by atoms with E-state index in [1.807, 2.05) is 0 Å². The molecule has 0 spiro atoms. The maximum Gasteiger partial charge on any atom is 0.331 e. The van der Waals surface area contributed by atoms with Gasteiger partial charge in [-0.2, -0.15) is 0 Å². The molecule has 3 fully saturated rings. The summed E-state index contributed by atoms with van der Waals surface area (Å²) in [5, 5.41) is 125. The Labute approximate surface area is 361 Å². The summed E-state index contributed by atoms with van der Waals surface area (Å²) in [6.07, 6.45) is -23.6. The number of ether oxygens (including phenoxy) is 7. The van der Waals surface area contributed by atoms with E-state index >= 15 is 0 Å². The van der Waals surface area contributed by atoms with Crippen LogP contribution in [0.25, 0.3) is 28.4 Å². The lowest BCUT2D eigenvalue weighted by Gasteiger charge is -2.45. The van der Waals surface area contributed by atoms with Crippen LogP contribution in [0.4, 0.5) is 0 Å². The number of fused-ring (bicyclic) bond motifs is 1. The van der Waals surface area contributed by atoms with Gasteiger partial charge in [-0.15, -0.1) is 0 Å². The first-order chi connectivity index (χ1) is 30.5. The van der Waals surface area contributed by atoms with Crippen LogP contribution in [0, 0.1) is 0 Å². The number of aromatic hydroxyl groups is 3. The molecule has 0 unspecified atom stereocenters. The fourth-order valence-corrected chi connectivity index (χ4v) is 7.26. The molecule has 3 aliphatic rings. The fraction of sp³-hybridized carbons (Fsp3) is 0.429. The van der Waals surface area contributed by atoms with Gasteiger partial charge in [-0.3, -0.25) is 4.79 Å². The van der Waals surface area contributed by atoms with E-state index in [0.29, 0.717) is 5.56 Å². The number of esters is 1. The number of carbonyl (C=O) groups is 1. The first-order valence-corrected chi connectivity index (χ1v) is 19.7. The molecule has 0 radical (unpaired) electrons. The number of rotatable bonds is 12. The Balaban J connectivity index is 1.24. The molecule has 3 aromatic carbocycles. The maximum absolute atomic E-state index is 14.5. The molecular formula is C42H46O22. The minimum Gasteiger partial charge on any atom is -0.508 e. The monoisotopic (exact) mass is 902 g/mol. The van der Waals surface area contributed by atoms with Crippen molar-refractivity contribution < 1.29 is 104 Å². The predicted octanol–water partition coefficient (Wildman–Crippen LogP) is -1.95. The van der Waals surface area contributed by atoms with E-state index in [1.165, 1.54) is 61.5 Å². The van der Waals surface area contributed by atoms with Gasteiger partial charge in [0.2, 0.25) is 23.8 Å². The normalized spacial score (nSPS) is 33.2. The highest BCUT2D eigenvalue weighted by molar-refractivity contribution is 5.89. The summed E-state index contributed by atoms with van der Waals surface area (Å²) in [7, 11) is 0. The number of aliphatic hydroxyl groups is 9. The second-order valence-electron chi connectivity index (χ2n) is 15.2. The van der Waals surface area contributed by atoms with Crippen LogP contribution in [-0.4, -0.2) is 173 Å². The number of phenolic OH excluding ortho intramolecular Hbond substituents is 3. The molecule has 64 heavy (non-hydrogen) atoms. The van der Waals surface area contributed by atoms with Gasteiger partial charge in [-0.1, -0.05) is 12.1 Å². The second-order valence-corrected chi connectivity index (χ2v) is 15.2. The molecule has 4 aromatic rings. The Kier molecular flexibility index (Phi) is 14.1. The number of hydrogen-bond acceptors (Lipinski definition) is 22. The van der Waals surface area contributed by atoms with Crippen LogP contribution in [0.15, 0.2) is 76.0 Å². The summed E-state index contributed by atoms with van der Waals surface area (Å²) in [6, 6.07) is 12.8. The van der Waals surface area contributed by atoms with E-state index < -0.39 is 145 Å². The molecule has 12 N–H and O–H groups in total. The summed E-state index contributed by atoms with van der Waals surface area (Å²) >= 11 is 0. The highest BCUT2D eigenvalue weighted by Crippen LogP contribution is 2.39. The van der Waals surface area contributed by atoms with Crippen molar-refractivity contribution in [1.29, 1.82) is 0 Å². The van der Waals surface area contributed by atoms with E-state index in [4.69, 9.17) is 37.6 Å². The molecule has 4 heterocycles. The third kappa shape index (κ3) is 9.50. The number of aliphatic hydroxyl groups excluding tert-OH is 9. The lowest BCUT2D eigenvalue weighted by Crippen LogP contribution is -2.64. The lowest BCUT2D eigenvalue weighted by molar-refractivity contribution is -0.354. The van der Waals surface area contributed by atoms with Crippen molar-refractivity contribution in [3.05, 3.63) is 82.5 Å². The number of hydrogen-bond donors (Lipinski definition) is 12. The topological polar surface area (TPSA) is 355 Å². The van der Waals surface area contributed by atoms with Crippen LogP contribution in [-0.2, 0) is 28.5 Å². The van der Waals surface area contributed by atoms with Crippen molar-refractivity contribution in [2.75, 3.05) is 13.2 Å². The molecule has 3 saturated heterocycles. The molecule has 7 rings (SSSR count). The van der Waals surface area contributed by atoms with Gasteiger partial charge in [0.25, 0.3) is 0 Å². The number of carbonyl (C=O) groups excluding carboxylic acids is 1. The largest absolute Gasteiger partial charge is 0.508 e. The Hall–Kier alpha value is -5.44. The van der Waals surface area contributed by atoms with Crippen molar-refractivity contribution in [1.82, 2.24) is 0 Å². The van der Waals surface area contributed by atoms with Crippen LogP contribution in [0.1, 0.15) is 12.5 Å². The van der Waals surface area contributed by atoms with Crippen molar-refractivity contribution in [3.63, 3.8) is 0 Å². The van der Waals surface area contributed by atoms with Gasteiger partial charge in [0.1, 0.15) is 88.9 Å². The van der Waals surface area contributed by atoms with Crippen molar-refractivity contribution in [3.8, 4) is 40.1 Å². The van der Waals surface area contributed by atoms with E-state index in [2.05, 4.69) is 0 Å². The van der Waals surface area contributed by atoms with E-state index in [1.54, 1.807) is 0 Å². The smallest absolute Gasteiger partial charge is 0.331 e. The average molecular weight is 903 g/mol. The standard InChI is InChI=1S/C42H46O22/c1-16-28(49)32(53)35(56)40(57-16)64-39-34(55)30(51)25(15-44)61-42(39)63-37-31(52)27-22(47)12-21(13-23(27)59-36(37)18-5-9-20(46)10-6-18)58-41-38(33(54)29(50)24(14-43)60-41)62-26(48)11-4-17-2-7-19(45)8-3-17/h2-13,16,24-25,28-30,32-35,38-47,49-51,53-56H,14-15H2,1H3/b11-4-/t16-,24+,25+,28-,29+,30+,32-,33-,34-,35+,38+,39+,40-,41+,42-/m0/s1. The van der Waals surface area contributed by atoms with Gasteiger partial charge >= 0.3 is 5.97 Å². The summed E-state index contributed by atoms with van der Waals surface area (Å²) in [5.74, 6) is -3.51. The average Bonchev–Trinajstić information content (AvgIpc) is 3.27. The molecule has 346 valence electrons. The molecule has 0 aliphatic carbocycles. The fourth-order valence-electron chi connectivity index (χ4n) is 7.26. The third-order valence-electron chi connectivity index (χ3n) is 10.8. The molecule has 0 saturated carbocycles. The van der Waals surface area contributed by atoms with E-state index in [0.717, 1.165) is 18.2 Å². The molecule has 22 heteroatoms. The van der Waals surface area contributed by atoms with Gasteiger partial charge in [-0.05, 0) is 55.0 Å². The van der Waals surface area contributed by atoms with Crippen molar-refractivity contribution in [2.24, 2.45) is 0 Å². The minimum absolute atomic E-state index is 0.0143. The Morgan fingerprint density at radius 3 is 1.86 bits per heavy atom. The number of benzene rings is 3. The van der Waals surface area contributed by atoms with E-state index in [-0.39, 0.29) is 22.8 Å². The zero-order valence-electron chi connectivity index (χ0n) is 33.5. The van der Waals surface area contributed by atoms with Gasteiger partial charge in [0.15, 0.2) is 24.3 Å². The third-order valence-corrected chi connectivity index (χ3v) is 10.8. The summed E-state index contributed by atoms with van der Waals surface area (Å²) in [4.78, 5) is 27.4. The van der Waals surface area contributed by atoms with Crippen LogP contribution >= 0.6 is 0 Å². The highest BCUT2D eigenvalue weighted by Gasteiger charge is 2.52. The van der Waals surface area contributed by atoms with Crippen LogP contribution in [0.3, 0.4) is 0 Å². The minimum atomic E-state index is -1.98. The molecule has 3 aliphatic heterocycles. The van der Waals surface area contributed by atoms with Gasteiger partial charge in [0.05, 0.1) is 19.3 Å². The van der Waals surface area contributed by atoms with Crippen LogP contribution in [0.5, 0.6) is 28.7 Å². The first-order valence-electron chi connectivity index (χ1n) is 19.7. The zero-order valence-corrected chi connectivity index (χ0v) is 33.5. The lowest BCUT2D eigenvalue weighted by atomic mass is 9.97. The molecule has 22 nitrogen and oxygen atoms in total. The quantitative estimate of drug-likeness (QED) is 0.0543. The predicted molar refractivity (Wildman–Crippen MR) is 212 cm³/mol. The first kappa shape index (κ1) is 46.5. The molecular weight excluding hydrogens is 856 g/mol. The summed E-state index contributed by atoms with van der Waals surface area (Å²) in [5.41, 5.74) is -0.934. The Morgan fingerprint density at radius 1 is 0.672 bits per heavy atom.